The molecule has 0 saturated heterocycles. The average molecular weight is 320 g/mol. The average Bonchev–Trinajstić information content (AvgIpc) is 2.77. The van der Waals surface area contributed by atoms with E-state index in [0.717, 1.165) is 0 Å². The van der Waals surface area contributed by atoms with Crippen LogP contribution in [-0.2, 0) is 6.42 Å². The highest BCUT2D eigenvalue weighted by atomic mass is 79.9. The van der Waals surface area contributed by atoms with Crippen LogP contribution in [0.4, 0.5) is 8.78 Å². The van der Waals surface area contributed by atoms with Crippen LogP contribution in [0.1, 0.15) is 5.89 Å². The molecule has 0 aliphatic carbocycles. The summed E-state index contributed by atoms with van der Waals surface area (Å²) in [5.74, 6) is 0.120. The lowest BCUT2D eigenvalue weighted by atomic mass is 10.2. The second-order valence-electron chi connectivity index (χ2n) is 3.45. The zero-order valence-electron chi connectivity index (χ0n) is 8.92. The molecule has 0 bridgehead atoms. The summed E-state index contributed by atoms with van der Waals surface area (Å²) < 4.78 is 29.7. The van der Waals surface area contributed by atoms with Crippen LogP contribution in [0, 0.1) is 0 Å². The van der Waals surface area contributed by atoms with Gasteiger partial charge in [-0.2, -0.15) is 4.98 Å². The van der Waals surface area contributed by atoms with Crippen molar-refractivity contribution in [1.29, 1.82) is 0 Å². The molecule has 1 atom stereocenters. The van der Waals surface area contributed by atoms with Gasteiger partial charge in [-0.15, -0.1) is 0 Å². The normalized spacial score (nSPS) is 12.9. The molecule has 2 heterocycles. The lowest BCUT2D eigenvalue weighted by Crippen LogP contribution is -2.20. The van der Waals surface area contributed by atoms with Crippen molar-refractivity contribution in [3.05, 3.63) is 28.7 Å². The minimum Gasteiger partial charge on any atom is -0.387 e. The third-order valence-electron chi connectivity index (χ3n) is 2.11. The molecule has 0 aliphatic rings. The Bertz CT molecular complexity index is 535. The van der Waals surface area contributed by atoms with Crippen molar-refractivity contribution in [3.63, 3.8) is 0 Å². The Kier molecular flexibility index (Phi) is 3.97. The predicted molar refractivity (Wildman–Crippen MR) is 60.9 cm³/mol. The van der Waals surface area contributed by atoms with E-state index in [1.165, 1.54) is 0 Å². The van der Waals surface area contributed by atoms with Gasteiger partial charge in [-0.1, -0.05) is 5.16 Å². The Morgan fingerprint density at radius 3 is 2.89 bits per heavy atom. The number of aliphatic hydroxyl groups excluding tert-OH is 1. The van der Waals surface area contributed by atoms with Gasteiger partial charge >= 0.3 is 0 Å². The van der Waals surface area contributed by atoms with Crippen molar-refractivity contribution < 1.29 is 18.4 Å². The van der Waals surface area contributed by atoms with Crippen molar-refractivity contribution in [2.75, 3.05) is 0 Å². The zero-order chi connectivity index (χ0) is 13.1. The zero-order valence-corrected chi connectivity index (χ0v) is 10.5. The largest absolute Gasteiger partial charge is 0.387 e. The Hall–Kier alpha value is -1.41. The minimum atomic E-state index is -2.85. The highest BCUT2D eigenvalue weighted by molar-refractivity contribution is 9.10. The van der Waals surface area contributed by atoms with Crippen LogP contribution in [-0.4, -0.2) is 32.8 Å². The van der Waals surface area contributed by atoms with Gasteiger partial charge in [0.15, 0.2) is 0 Å². The number of pyridine rings is 1. The summed E-state index contributed by atoms with van der Waals surface area (Å²) >= 11 is 3.26. The molecule has 0 aliphatic heterocycles. The first-order valence-electron chi connectivity index (χ1n) is 4.97. The number of aliphatic hydroxyl groups is 1. The fourth-order valence-electron chi connectivity index (χ4n) is 1.25. The van der Waals surface area contributed by atoms with E-state index in [4.69, 9.17) is 9.63 Å². The maximum Gasteiger partial charge on any atom is 0.264 e. The molecule has 2 aromatic rings. The van der Waals surface area contributed by atoms with E-state index < -0.39 is 19.0 Å². The van der Waals surface area contributed by atoms with Gasteiger partial charge < -0.3 is 9.63 Å². The van der Waals surface area contributed by atoms with Gasteiger partial charge in [0, 0.05) is 10.7 Å². The third kappa shape index (κ3) is 2.88. The molecule has 8 heteroatoms. The summed E-state index contributed by atoms with van der Waals surface area (Å²) in [5.41, 5.74) is 0.444. The summed E-state index contributed by atoms with van der Waals surface area (Å²) in [6.07, 6.45) is -3.51. The monoisotopic (exact) mass is 319 g/mol. The Morgan fingerprint density at radius 1 is 1.44 bits per heavy atom. The molecular formula is C10H8BrF2N3O2. The first-order valence-corrected chi connectivity index (χ1v) is 5.77. The van der Waals surface area contributed by atoms with E-state index >= 15 is 0 Å². The topological polar surface area (TPSA) is 72.0 Å². The molecule has 0 spiro atoms. The Morgan fingerprint density at radius 2 is 2.22 bits per heavy atom. The number of nitrogens with zero attached hydrogens (tertiary/aromatic N) is 3. The molecule has 2 rings (SSSR count). The molecular weight excluding hydrogens is 312 g/mol. The van der Waals surface area contributed by atoms with E-state index in [1.54, 1.807) is 18.3 Å². The van der Waals surface area contributed by atoms with Crippen molar-refractivity contribution in [1.82, 2.24) is 15.1 Å². The van der Waals surface area contributed by atoms with Gasteiger partial charge in [-0.3, -0.25) is 4.98 Å². The Labute approximate surface area is 109 Å². The van der Waals surface area contributed by atoms with Gasteiger partial charge in [0.1, 0.15) is 11.8 Å². The van der Waals surface area contributed by atoms with Gasteiger partial charge in [-0.25, -0.2) is 8.78 Å². The van der Waals surface area contributed by atoms with Crippen LogP contribution < -0.4 is 0 Å². The van der Waals surface area contributed by atoms with E-state index in [2.05, 4.69) is 31.1 Å². The van der Waals surface area contributed by atoms with Crippen LogP contribution in [0.15, 0.2) is 27.3 Å². The van der Waals surface area contributed by atoms with Gasteiger partial charge in [-0.05, 0) is 28.1 Å². The predicted octanol–water partition coefficient (Wildman–Crippen LogP) is 2.06. The lowest BCUT2D eigenvalue weighted by Gasteiger charge is -2.04. The number of halogens is 3. The number of aromatic nitrogens is 3. The third-order valence-corrected chi connectivity index (χ3v) is 2.75. The number of hydrogen-bond acceptors (Lipinski definition) is 5. The minimum absolute atomic E-state index is 0.0599. The SMILES string of the molecule is OC(Cc1nc(-c2ncccc2Br)no1)C(F)F. The van der Waals surface area contributed by atoms with Crippen molar-refractivity contribution in [2.45, 2.75) is 19.0 Å². The molecule has 0 radical (unpaired) electrons. The molecule has 18 heavy (non-hydrogen) atoms. The maximum absolute atomic E-state index is 12.1. The summed E-state index contributed by atoms with van der Waals surface area (Å²) in [4.78, 5) is 7.93. The van der Waals surface area contributed by atoms with Crippen LogP contribution in [0.2, 0.25) is 0 Å². The first-order chi connectivity index (χ1) is 8.58. The van der Waals surface area contributed by atoms with Gasteiger partial charge in [0.25, 0.3) is 6.43 Å². The first kappa shape index (κ1) is 13.0. The molecule has 1 unspecified atom stereocenters. The van der Waals surface area contributed by atoms with Crippen molar-refractivity contribution in [2.24, 2.45) is 0 Å². The van der Waals surface area contributed by atoms with Crippen LogP contribution >= 0.6 is 15.9 Å². The molecule has 1 N–H and O–H groups in total. The van der Waals surface area contributed by atoms with Crippen LogP contribution in [0.5, 0.6) is 0 Å². The second-order valence-corrected chi connectivity index (χ2v) is 4.31. The summed E-state index contributed by atoms with van der Waals surface area (Å²) in [6, 6.07) is 3.46. The summed E-state index contributed by atoms with van der Waals surface area (Å²) in [6.45, 7) is 0. The van der Waals surface area contributed by atoms with E-state index in [0.29, 0.717) is 10.2 Å². The van der Waals surface area contributed by atoms with E-state index in [9.17, 15) is 8.78 Å². The smallest absolute Gasteiger partial charge is 0.264 e. The Balaban J connectivity index is 2.18. The number of hydrogen-bond donors (Lipinski definition) is 1. The van der Waals surface area contributed by atoms with Crippen molar-refractivity contribution >= 4 is 15.9 Å². The quantitative estimate of drug-likeness (QED) is 0.934. The fraction of sp³-hybridized carbons (Fsp3) is 0.300. The highest BCUT2D eigenvalue weighted by Crippen LogP contribution is 2.23. The molecule has 0 aromatic carbocycles. The molecule has 0 saturated carbocycles. The summed E-state index contributed by atoms with van der Waals surface area (Å²) in [5, 5.41) is 12.6. The molecule has 0 fully saturated rings. The van der Waals surface area contributed by atoms with Gasteiger partial charge in [0.2, 0.25) is 11.7 Å². The highest BCUT2D eigenvalue weighted by Gasteiger charge is 2.21. The molecule has 0 amide bonds. The molecule has 2 aromatic heterocycles. The second kappa shape index (κ2) is 5.49. The summed E-state index contributed by atoms with van der Waals surface area (Å²) in [7, 11) is 0. The molecule has 96 valence electrons. The number of rotatable bonds is 4. The van der Waals surface area contributed by atoms with Crippen LogP contribution in [0.3, 0.4) is 0 Å². The van der Waals surface area contributed by atoms with E-state index in [-0.39, 0.29) is 11.7 Å². The maximum atomic E-state index is 12.1. The van der Waals surface area contributed by atoms with Crippen LogP contribution in [0.25, 0.3) is 11.5 Å². The van der Waals surface area contributed by atoms with E-state index in [1.807, 2.05) is 0 Å². The lowest BCUT2D eigenvalue weighted by molar-refractivity contribution is -0.00754. The molecule has 5 nitrogen and oxygen atoms in total. The van der Waals surface area contributed by atoms with Crippen molar-refractivity contribution in [3.8, 4) is 11.5 Å². The number of alkyl halides is 2. The fourth-order valence-corrected chi connectivity index (χ4v) is 1.68. The van der Waals surface area contributed by atoms with Gasteiger partial charge in [0.05, 0.1) is 6.42 Å². The standard InChI is InChI=1S/C10H8BrF2N3O2/c11-5-2-1-3-14-8(5)10-15-7(18-16-10)4-6(17)9(12)13/h1-3,6,9,17H,4H2.